The lowest BCUT2D eigenvalue weighted by Crippen LogP contribution is -2.32. The fourth-order valence-corrected chi connectivity index (χ4v) is 5.52. The highest BCUT2D eigenvalue weighted by Gasteiger charge is 2.45. The zero-order valence-corrected chi connectivity index (χ0v) is 11.3. The first-order valence-electron chi connectivity index (χ1n) is 8.06. The van der Waals surface area contributed by atoms with Crippen LogP contribution in [0.15, 0.2) is 11.1 Å². The van der Waals surface area contributed by atoms with Gasteiger partial charge in [-0.3, -0.25) is 4.79 Å². The number of Topliss-reactive ketones (excluding diaryl/α,β-unsaturated/α-hetero) is 1. The number of hydrogen-bond acceptors (Lipinski definition) is 1. The van der Waals surface area contributed by atoms with Crippen molar-refractivity contribution in [3.05, 3.63) is 11.1 Å². The molecule has 0 aromatic heterocycles. The third-order valence-corrected chi connectivity index (χ3v) is 6.29. The highest BCUT2D eigenvalue weighted by atomic mass is 16.1. The van der Waals surface area contributed by atoms with Crippen LogP contribution in [0, 0.1) is 23.7 Å². The molecule has 0 aromatic carbocycles. The van der Waals surface area contributed by atoms with Gasteiger partial charge in [-0.2, -0.15) is 0 Å². The molecule has 0 heterocycles. The van der Waals surface area contributed by atoms with Gasteiger partial charge in [0.05, 0.1) is 0 Å². The Morgan fingerprint density at radius 3 is 2.72 bits per heavy atom. The lowest BCUT2D eigenvalue weighted by Gasteiger charge is -2.44. The first kappa shape index (κ1) is 11.3. The zero-order valence-electron chi connectivity index (χ0n) is 11.3. The third kappa shape index (κ3) is 1.62. The summed E-state index contributed by atoms with van der Waals surface area (Å²) in [6.07, 6.45) is 13.0. The fraction of sp³-hybridized carbons (Fsp3) is 0.824. The quantitative estimate of drug-likeness (QED) is 0.581. The molecular formula is C17H24O. The number of rotatable bonds is 0. The minimum absolute atomic E-state index is 0.557. The van der Waals surface area contributed by atoms with Crippen LogP contribution in [0.5, 0.6) is 0 Å². The second-order valence-electron chi connectivity index (χ2n) is 7.09. The van der Waals surface area contributed by atoms with Crippen LogP contribution in [-0.4, -0.2) is 5.78 Å². The van der Waals surface area contributed by atoms with E-state index in [1.165, 1.54) is 51.4 Å². The summed E-state index contributed by atoms with van der Waals surface area (Å²) in [6.45, 7) is 0. The minimum Gasteiger partial charge on any atom is -0.300 e. The molecule has 0 aliphatic heterocycles. The molecule has 0 radical (unpaired) electrons. The van der Waals surface area contributed by atoms with Crippen LogP contribution in [0.25, 0.3) is 0 Å². The van der Waals surface area contributed by atoms with Crippen molar-refractivity contribution in [1.29, 1.82) is 0 Å². The zero-order chi connectivity index (χ0) is 12.1. The van der Waals surface area contributed by atoms with E-state index in [4.69, 9.17) is 0 Å². The van der Waals surface area contributed by atoms with Gasteiger partial charge in [-0.05, 0) is 68.6 Å². The van der Waals surface area contributed by atoms with Crippen molar-refractivity contribution < 1.29 is 4.79 Å². The number of hydrogen-bond donors (Lipinski definition) is 0. The lowest BCUT2D eigenvalue weighted by atomic mass is 9.61. The smallest absolute Gasteiger partial charge is 0.133 e. The molecule has 0 saturated heterocycles. The highest BCUT2D eigenvalue weighted by molar-refractivity contribution is 5.81. The fourth-order valence-electron chi connectivity index (χ4n) is 5.52. The number of carbonyl (C=O) groups excluding carboxylic acids is 1. The molecule has 4 rings (SSSR count). The van der Waals surface area contributed by atoms with Crippen molar-refractivity contribution in [3.63, 3.8) is 0 Å². The third-order valence-electron chi connectivity index (χ3n) is 6.29. The summed E-state index contributed by atoms with van der Waals surface area (Å²) in [4.78, 5) is 11.8. The summed E-state index contributed by atoms with van der Waals surface area (Å²) in [5.41, 5.74) is 3.72. The van der Waals surface area contributed by atoms with Gasteiger partial charge in [0.2, 0.25) is 0 Å². The van der Waals surface area contributed by atoms with E-state index in [-0.39, 0.29) is 0 Å². The molecule has 0 spiro atoms. The van der Waals surface area contributed by atoms with Gasteiger partial charge >= 0.3 is 0 Å². The Kier molecular flexibility index (Phi) is 2.63. The van der Waals surface area contributed by atoms with Crippen LogP contribution < -0.4 is 0 Å². The molecule has 98 valence electrons. The van der Waals surface area contributed by atoms with Gasteiger partial charge in [-0.1, -0.05) is 17.6 Å². The monoisotopic (exact) mass is 244 g/mol. The van der Waals surface area contributed by atoms with Crippen molar-refractivity contribution in [1.82, 2.24) is 0 Å². The number of carbonyl (C=O) groups is 1. The van der Waals surface area contributed by atoms with E-state index in [1.807, 2.05) is 11.1 Å². The largest absolute Gasteiger partial charge is 0.300 e. The van der Waals surface area contributed by atoms with Gasteiger partial charge < -0.3 is 0 Å². The lowest BCUT2D eigenvalue weighted by molar-refractivity contribution is -0.117. The highest BCUT2D eigenvalue weighted by Crippen LogP contribution is 2.54. The van der Waals surface area contributed by atoms with E-state index in [0.29, 0.717) is 5.78 Å². The van der Waals surface area contributed by atoms with E-state index in [1.54, 1.807) is 0 Å². The summed E-state index contributed by atoms with van der Waals surface area (Å²) in [5.74, 6) is 3.82. The maximum Gasteiger partial charge on any atom is 0.133 e. The van der Waals surface area contributed by atoms with Crippen LogP contribution in [0.2, 0.25) is 0 Å². The average molecular weight is 244 g/mol. The summed E-state index contributed by atoms with van der Waals surface area (Å²) >= 11 is 0. The van der Waals surface area contributed by atoms with Crippen LogP contribution in [0.1, 0.15) is 64.2 Å². The molecule has 1 heteroatoms. The Morgan fingerprint density at radius 1 is 0.833 bits per heavy atom. The molecule has 0 aromatic rings. The van der Waals surface area contributed by atoms with Gasteiger partial charge in [-0.25, -0.2) is 0 Å². The van der Waals surface area contributed by atoms with E-state index < -0.39 is 0 Å². The first-order valence-corrected chi connectivity index (χ1v) is 8.06. The molecule has 4 atom stereocenters. The van der Waals surface area contributed by atoms with Gasteiger partial charge in [0, 0.05) is 12.8 Å². The molecular weight excluding hydrogens is 220 g/mol. The van der Waals surface area contributed by atoms with Crippen LogP contribution in [-0.2, 0) is 4.79 Å². The number of fused-ring (bicyclic) bond motifs is 4. The second kappa shape index (κ2) is 4.21. The predicted octanol–water partition coefficient (Wildman–Crippen LogP) is 4.27. The van der Waals surface area contributed by atoms with Crippen molar-refractivity contribution >= 4 is 5.78 Å². The predicted molar refractivity (Wildman–Crippen MR) is 72.2 cm³/mol. The topological polar surface area (TPSA) is 17.1 Å². The van der Waals surface area contributed by atoms with Gasteiger partial charge in [0.25, 0.3) is 0 Å². The summed E-state index contributed by atoms with van der Waals surface area (Å²) in [7, 11) is 0. The SMILES string of the molecule is O=C1CC2CCC3=C4CCCCC4CCC3C2C1. The summed E-state index contributed by atoms with van der Waals surface area (Å²) in [6, 6.07) is 0. The maximum atomic E-state index is 11.8. The molecule has 4 unspecified atom stereocenters. The molecule has 0 amide bonds. The molecule has 0 bridgehead atoms. The Balaban J connectivity index is 1.67. The normalized spacial score (nSPS) is 43.4. The molecule has 4 aliphatic carbocycles. The first-order chi connectivity index (χ1) is 8.83. The maximum absolute atomic E-state index is 11.8. The van der Waals surface area contributed by atoms with E-state index in [0.717, 1.165) is 36.5 Å². The Morgan fingerprint density at radius 2 is 1.78 bits per heavy atom. The average Bonchev–Trinajstić information content (AvgIpc) is 2.79. The van der Waals surface area contributed by atoms with Gasteiger partial charge in [0.1, 0.15) is 5.78 Å². The molecule has 4 aliphatic rings. The van der Waals surface area contributed by atoms with Crippen molar-refractivity contribution in [2.45, 2.75) is 64.2 Å². The minimum atomic E-state index is 0.557. The van der Waals surface area contributed by atoms with Gasteiger partial charge in [-0.15, -0.1) is 0 Å². The number of allylic oxidation sites excluding steroid dienone is 2. The van der Waals surface area contributed by atoms with Gasteiger partial charge in [0.15, 0.2) is 0 Å². The van der Waals surface area contributed by atoms with Crippen LogP contribution in [0.3, 0.4) is 0 Å². The molecule has 3 fully saturated rings. The Labute approximate surface area is 110 Å². The van der Waals surface area contributed by atoms with Crippen LogP contribution >= 0.6 is 0 Å². The Hall–Kier alpha value is -0.590. The van der Waals surface area contributed by atoms with E-state index >= 15 is 0 Å². The van der Waals surface area contributed by atoms with Crippen LogP contribution in [0.4, 0.5) is 0 Å². The Bertz CT molecular complexity index is 406. The van der Waals surface area contributed by atoms with E-state index in [2.05, 4.69) is 0 Å². The van der Waals surface area contributed by atoms with Crippen molar-refractivity contribution in [2.24, 2.45) is 23.7 Å². The van der Waals surface area contributed by atoms with Crippen molar-refractivity contribution in [2.75, 3.05) is 0 Å². The summed E-state index contributed by atoms with van der Waals surface area (Å²) < 4.78 is 0. The standard InChI is InChI=1S/C17H24O/c18-13-9-12-6-8-15-14-4-2-1-3-11(14)5-7-16(15)17(12)10-13/h11-12,16-17H,1-10H2. The molecule has 3 saturated carbocycles. The molecule has 1 nitrogen and oxygen atoms in total. The summed E-state index contributed by atoms with van der Waals surface area (Å²) in [5, 5.41) is 0. The molecule has 0 N–H and O–H groups in total. The van der Waals surface area contributed by atoms with E-state index in [9.17, 15) is 4.79 Å². The second-order valence-corrected chi connectivity index (χ2v) is 7.09. The number of ketones is 1. The van der Waals surface area contributed by atoms with Crippen molar-refractivity contribution in [3.8, 4) is 0 Å². The molecule has 18 heavy (non-hydrogen) atoms.